The Morgan fingerprint density at radius 3 is 3.00 bits per heavy atom. The Balaban J connectivity index is 1.69. The lowest BCUT2D eigenvalue weighted by atomic mass is 10.1. The molecule has 0 radical (unpaired) electrons. The van der Waals surface area contributed by atoms with E-state index in [0.717, 1.165) is 36.0 Å². The zero-order valence-corrected chi connectivity index (χ0v) is 11.8. The van der Waals surface area contributed by atoms with E-state index >= 15 is 0 Å². The topological polar surface area (TPSA) is 55.0 Å². The zero-order chi connectivity index (χ0) is 13.2. The average molecular weight is 274 g/mol. The van der Waals surface area contributed by atoms with Crippen molar-refractivity contribution >= 4 is 11.3 Å². The number of rotatable bonds is 3. The largest absolute Gasteiger partial charge is 0.326 e. The van der Waals surface area contributed by atoms with Crippen LogP contribution in [0.3, 0.4) is 0 Å². The van der Waals surface area contributed by atoms with Gasteiger partial charge >= 0.3 is 0 Å². The van der Waals surface area contributed by atoms with Crippen LogP contribution < -0.4 is 5.73 Å². The Labute approximate surface area is 117 Å². The van der Waals surface area contributed by atoms with Gasteiger partial charge in [0.15, 0.2) is 0 Å². The number of pyridine rings is 1. The molecule has 2 unspecified atom stereocenters. The van der Waals surface area contributed by atoms with Gasteiger partial charge in [0.2, 0.25) is 0 Å². The molecular weight excluding hydrogens is 256 g/mol. The Morgan fingerprint density at radius 1 is 1.42 bits per heavy atom. The van der Waals surface area contributed by atoms with Gasteiger partial charge in [-0.1, -0.05) is 13.0 Å². The summed E-state index contributed by atoms with van der Waals surface area (Å²) in [5, 5.41) is 3.12. The Hall–Kier alpha value is -1.30. The van der Waals surface area contributed by atoms with Gasteiger partial charge in [-0.3, -0.25) is 9.88 Å². The van der Waals surface area contributed by atoms with Gasteiger partial charge in [0.25, 0.3) is 0 Å². The van der Waals surface area contributed by atoms with E-state index in [4.69, 9.17) is 5.73 Å². The van der Waals surface area contributed by atoms with Crippen molar-refractivity contribution in [2.75, 3.05) is 13.1 Å². The maximum absolute atomic E-state index is 6.05. The summed E-state index contributed by atoms with van der Waals surface area (Å²) in [5.74, 6) is 0.578. The smallest absolute Gasteiger partial charge is 0.142 e. The standard InChI is InChI=1S/C14H18N4S/c1-10-6-18(8-12(10)15)7-11-9-19-14(17-11)13-4-2-3-5-16-13/h2-5,9-10,12H,6-8,15H2,1H3. The first-order chi connectivity index (χ1) is 9.22. The van der Waals surface area contributed by atoms with Crippen LogP contribution >= 0.6 is 11.3 Å². The molecule has 0 aromatic carbocycles. The lowest BCUT2D eigenvalue weighted by Crippen LogP contribution is -2.28. The van der Waals surface area contributed by atoms with Crippen molar-refractivity contribution in [1.82, 2.24) is 14.9 Å². The van der Waals surface area contributed by atoms with E-state index in [1.165, 1.54) is 0 Å². The number of nitrogens with two attached hydrogens (primary N) is 1. The summed E-state index contributed by atoms with van der Waals surface area (Å²) in [4.78, 5) is 11.4. The van der Waals surface area contributed by atoms with Crippen LogP contribution in [-0.2, 0) is 6.54 Å². The normalized spacial score (nSPS) is 23.9. The number of nitrogens with zero attached hydrogens (tertiary/aromatic N) is 3. The molecule has 3 rings (SSSR count). The number of thiazole rings is 1. The molecule has 0 spiro atoms. The molecule has 5 heteroatoms. The highest BCUT2D eigenvalue weighted by Gasteiger charge is 2.26. The third-order valence-corrected chi connectivity index (χ3v) is 4.48. The summed E-state index contributed by atoms with van der Waals surface area (Å²) in [5.41, 5.74) is 8.12. The van der Waals surface area contributed by atoms with Gasteiger partial charge in [0.1, 0.15) is 5.01 Å². The van der Waals surface area contributed by atoms with E-state index in [2.05, 4.69) is 27.2 Å². The van der Waals surface area contributed by atoms with Crippen LogP contribution in [0.25, 0.3) is 10.7 Å². The Bertz CT molecular complexity index is 529. The predicted octanol–water partition coefficient (Wildman–Crippen LogP) is 1.98. The van der Waals surface area contributed by atoms with Gasteiger partial charge in [0.05, 0.1) is 11.4 Å². The van der Waals surface area contributed by atoms with Crippen molar-refractivity contribution in [1.29, 1.82) is 0 Å². The van der Waals surface area contributed by atoms with E-state index in [9.17, 15) is 0 Å². The first kappa shape index (κ1) is 12.7. The molecule has 4 nitrogen and oxygen atoms in total. The van der Waals surface area contributed by atoms with Gasteiger partial charge in [-0.15, -0.1) is 11.3 Å². The van der Waals surface area contributed by atoms with Crippen LogP contribution in [0.4, 0.5) is 0 Å². The van der Waals surface area contributed by atoms with E-state index < -0.39 is 0 Å². The second-order valence-electron chi connectivity index (χ2n) is 5.19. The molecule has 2 atom stereocenters. The minimum Gasteiger partial charge on any atom is -0.326 e. The Kier molecular flexibility index (Phi) is 3.59. The highest BCUT2D eigenvalue weighted by molar-refractivity contribution is 7.13. The SMILES string of the molecule is CC1CN(Cc2csc(-c3ccccn3)n2)CC1N. The summed E-state index contributed by atoms with van der Waals surface area (Å²) in [6.45, 7) is 5.14. The van der Waals surface area contributed by atoms with E-state index in [-0.39, 0.29) is 0 Å². The van der Waals surface area contributed by atoms with Gasteiger partial charge in [-0.05, 0) is 18.1 Å². The molecule has 2 aromatic heterocycles. The maximum Gasteiger partial charge on any atom is 0.142 e. The number of likely N-dealkylation sites (tertiary alicyclic amines) is 1. The molecule has 2 aromatic rings. The molecule has 0 amide bonds. The number of hydrogen-bond acceptors (Lipinski definition) is 5. The lowest BCUT2D eigenvalue weighted by Gasteiger charge is -2.12. The van der Waals surface area contributed by atoms with Gasteiger partial charge < -0.3 is 5.73 Å². The van der Waals surface area contributed by atoms with Crippen molar-refractivity contribution in [3.05, 3.63) is 35.5 Å². The fraction of sp³-hybridized carbons (Fsp3) is 0.429. The molecule has 0 saturated carbocycles. The van der Waals surface area contributed by atoms with Crippen LogP contribution in [0.1, 0.15) is 12.6 Å². The molecule has 100 valence electrons. The number of hydrogen-bond donors (Lipinski definition) is 1. The van der Waals surface area contributed by atoms with Crippen molar-refractivity contribution in [2.24, 2.45) is 11.7 Å². The minimum atomic E-state index is 0.300. The molecule has 1 fully saturated rings. The molecule has 1 aliphatic rings. The van der Waals surface area contributed by atoms with E-state index in [0.29, 0.717) is 12.0 Å². The monoisotopic (exact) mass is 274 g/mol. The van der Waals surface area contributed by atoms with E-state index in [1.807, 2.05) is 18.2 Å². The number of aromatic nitrogens is 2. The van der Waals surface area contributed by atoms with E-state index in [1.54, 1.807) is 17.5 Å². The predicted molar refractivity (Wildman–Crippen MR) is 77.8 cm³/mol. The highest BCUT2D eigenvalue weighted by Crippen LogP contribution is 2.23. The lowest BCUT2D eigenvalue weighted by molar-refractivity contribution is 0.315. The maximum atomic E-state index is 6.05. The molecular formula is C14H18N4S. The highest BCUT2D eigenvalue weighted by atomic mass is 32.1. The van der Waals surface area contributed by atoms with Crippen molar-refractivity contribution < 1.29 is 0 Å². The average Bonchev–Trinajstić information content (AvgIpc) is 2.99. The first-order valence-electron chi connectivity index (χ1n) is 6.56. The zero-order valence-electron chi connectivity index (χ0n) is 11.0. The first-order valence-corrected chi connectivity index (χ1v) is 7.44. The molecule has 19 heavy (non-hydrogen) atoms. The molecule has 1 aliphatic heterocycles. The van der Waals surface area contributed by atoms with Crippen LogP contribution in [-0.4, -0.2) is 34.0 Å². The summed E-state index contributed by atoms with van der Waals surface area (Å²) >= 11 is 1.66. The quantitative estimate of drug-likeness (QED) is 0.930. The van der Waals surface area contributed by atoms with Crippen LogP contribution in [0.5, 0.6) is 0 Å². The summed E-state index contributed by atoms with van der Waals surface area (Å²) in [7, 11) is 0. The van der Waals surface area contributed by atoms with Crippen molar-refractivity contribution in [2.45, 2.75) is 19.5 Å². The molecule has 1 saturated heterocycles. The minimum absolute atomic E-state index is 0.300. The van der Waals surface area contributed by atoms with Crippen LogP contribution in [0, 0.1) is 5.92 Å². The fourth-order valence-electron chi connectivity index (χ4n) is 2.44. The summed E-state index contributed by atoms with van der Waals surface area (Å²) in [6.07, 6.45) is 1.80. The van der Waals surface area contributed by atoms with Crippen molar-refractivity contribution in [3.8, 4) is 10.7 Å². The third-order valence-electron chi connectivity index (χ3n) is 3.57. The van der Waals surface area contributed by atoms with Crippen LogP contribution in [0.15, 0.2) is 29.8 Å². The summed E-state index contributed by atoms with van der Waals surface area (Å²) in [6, 6.07) is 6.21. The van der Waals surface area contributed by atoms with Gasteiger partial charge in [0, 0.05) is 37.3 Å². The molecule has 2 N–H and O–H groups in total. The molecule has 0 bridgehead atoms. The second kappa shape index (κ2) is 5.36. The fourth-order valence-corrected chi connectivity index (χ4v) is 3.23. The summed E-state index contributed by atoms with van der Waals surface area (Å²) < 4.78 is 0. The van der Waals surface area contributed by atoms with Gasteiger partial charge in [-0.25, -0.2) is 4.98 Å². The molecule has 0 aliphatic carbocycles. The third kappa shape index (κ3) is 2.83. The second-order valence-corrected chi connectivity index (χ2v) is 6.05. The molecule has 3 heterocycles. The van der Waals surface area contributed by atoms with Gasteiger partial charge in [-0.2, -0.15) is 0 Å². The van der Waals surface area contributed by atoms with Crippen LogP contribution in [0.2, 0.25) is 0 Å². The Morgan fingerprint density at radius 2 is 2.32 bits per heavy atom. The van der Waals surface area contributed by atoms with Crippen molar-refractivity contribution in [3.63, 3.8) is 0 Å².